The van der Waals surface area contributed by atoms with Gasteiger partial charge in [-0.2, -0.15) is 0 Å². The van der Waals surface area contributed by atoms with Crippen molar-refractivity contribution in [3.63, 3.8) is 0 Å². The standard InChI is InChI=1S/C19H21NO4S/c1-3-24-19(22)15-10-8-14(9-11-15)12-25-13-18(21)20-16-6-4-5-7-17(16)23-2/h4-11H,3,12-13H2,1-2H3,(H,20,21). The second kappa shape index (κ2) is 9.74. The van der Waals surface area contributed by atoms with E-state index < -0.39 is 0 Å². The number of amides is 1. The molecule has 5 nitrogen and oxygen atoms in total. The molecule has 0 spiro atoms. The number of benzene rings is 2. The Labute approximate surface area is 151 Å². The zero-order valence-electron chi connectivity index (χ0n) is 14.3. The lowest BCUT2D eigenvalue weighted by Gasteiger charge is -2.09. The summed E-state index contributed by atoms with van der Waals surface area (Å²) >= 11 is 1.50. The molecule has 2 aromatic rings. The Bertz CT molecular complexity index is 716. The Kier molecular flexibility index (Phi) is 7.35. The number of hydrogen-bond donors (Lipinski definition) is 1. The Morgan fingerprint density at radius 2 is 1.80 bits per heavy atom. The molecule has 0 saturated heterocycles. The third-order valence-electron chi connectivity index (χ3n) is 3.35. The number of nitrogens with one attached hydrogen (secondary N) is 1. The van der Waals surface area contributed by atoms with E-state index in [0.29, 0.717) is 35.1 Å². The zero-order chi connectivity index (χ0) is 18.1. The molecule has 25 heavy (non-hydrogen) atoms. The molecule has 0 aliphatic rings. The molecule has 0 fully saturated rings. The van der Waals surface area contributed by atoms with Crippen LogP contribution in [-0.2, 0) is 15.3 Å². The van der Waals surface area contributed by atoms with E-state index in [1.807, 2.05) is 24.3 Å². The predicted molar refractivity (Wildman–Crippen MR) is 100 cm³/mol. The molecule has 0 aromatic heterocycles. The highest BCUT2D eigenvalue weighted by molar-refractivity contribution is 7.99. The molecule has 1 N–H and O–H groups in total. The van der Waals surface area contributed by atoms with E-state index in [1.165, 1.54) is 11.8 Å². The molecule has 0 radical (unpaired) electrons. The van der Waals surface area contributed by atoms with Crippen LogP contribution < -0.4 is 10.1 Å². The average Bonchev–Trinajstić information content (AvgIpc) is 2.63. The van der Waals surface area contributed by atoms with Gasteiger partial charge in [0, 0.05) is 5.75 Å². The predicted octanol–water partition coefficient (Wildman–Crippen LogP) is 3.74. The molecular weight excluding hydrogens is 338 g/mol. The van der Waals surface area contributed by atoms with Gasteiger partial charge in [0.2, 0.25) is 5.91 Å². The maximum absolute atomic E-state index is 12.0. The van der Waals surface area contributed by atoms with Crippen LogP contribution in [0.2, 0.25) is 0 Å². The minimum Gasteiger partial charge on any atom is -0.495 e. The highest BCUT2D eigenvalue weighted by Crippen LogP contribution is 2.23. The van der Waals surface area contributed by atoms with Crippen molar-refractivity contribution in [1.29, 1.82) is 0 Å². The number of carbonyl (C=O) groups excluding carboxylic acids is 2. The van der Waals surface area contributed by atoms with Crippen LogP contribution >= 0.6 is 11.8 Å². The van der Waals surface area contributed by atoms with Crippen molar-refractivity contribution in [1.82, 2.24) is 0 Å². The number of anilines is 1. The molecule has 0 saturated carbocycles. The molecule has 0 bridgehead atoms. The van der Waals surface area contributed by atoms with Gasteiger partial charge in [0.15, 0.2) is 0 Å². The lowest BCUT2D eigenvalue weighted by Crippen LogP contribution is -2.14. The third-order valence-corrected chi connectivity index (χ3v) is 4.35. The topological polar surface area (TPSA) is 64.6 Å². The van der Waals surface area contributed by atoms with Gasteiger partial charge in [-0.3, -0.25) is 4.79 Å². The summed E-state index contributed by atoms with van der Waals surface area (Å²) in [7, 11) is 1.57. The van der Waals surface area contributed by atoms with Crippen LogP contribution in [0.3, 0.4) is 0 Å². The van der Waals surface area contributed by atoms with Gasteiger partial charge >= 0.3 is 5.97 Å². The second-order valence-electron chi connectivity index (χ2n) is 5.16. The molecule has 0 aliphatic carbocycles. The van der Waals surface area contributed by atoms with E-state index in [1.54, 1.807) is 38.3 Å². The summed E-state index contributed by atoms with van der Waals surface area (Å²) in [4.78, 5) is 23.6. The molecule has 0 atom stereocenters. The van der Waals surface area contributed by atoms with Gasteiger partial charge in [-0.1, -0.05) is 24.3 Å². The molecule has 2 aromatic carbocycles. The lowest BCUT2D eigenvalue weighted by molar-refractivity contribution is -0.113. The van der Waals surface area contributed by atoms with Crippen LogP contribution in [0.5, 0.6) is 5.75 Å². The van der Waals surface area contributed by atoms with Crippen molar-refractivity contribution in [2.45, 2.75) is 12.7 Å². The van der Waals surface area contributed by atoms with Gasteiger partial charge in [-0.15, -0.1) is 11.8 Å². The first-order chi connectivity index (χ1) is 12.1. The number of rotatable bonds is 8. The Hall–Kier alpha value is -2.47. The van der Waals surface area contributed by atoms with E-state index >= 15 is 0 Å². The highest BCUT2D eigenvalue weighted by Gasteiger charge is 2.08. The summed E-state index contributed by atoms with van der Waals surface area (Å²) in [6.45, 7) is 2.14. The lowest BCUT2D eigenvalue weighted by atomic mass is 10.1. The van der Waals surface area contributed by atoms with E-state index in [4.69, 9.17) is 9.47 Å². The van der Waals surface area contributed by atoms with Crippen LogP contribution in [0, 0.1) is 0 Å². The number of esters is 1. The largest absolute Gasteiger partial charge is 0.495 e. The van der Waals surface area contributed by atoms with E-state index in [0.717, 1.165) is 5.56 Å². The first-order valence-corrected chi connectivity index (χ1v) is 9.06. The minimum absolute atomic E-state index is 0.0855. The van der Waals surface area contributed by atoms with Gasteiger partial charge in [0.1, 0.15) is 5.75 Å². The minimum atomic E-state index is -0.321. The van der Waals surface area contributed by atoms with E-state index in [2.05, 4.69) is 5.32 Å². The fourth-order valence-corrected chi connectivity index (χ4v) is 2.94. The number of ether oxygens (including phenoxy) is 2. The number of para-hydroxylation sites is 2. The Morgan fingerprint density at radius 3 is 2.48 bits per heavy atom. The molecule has 6 heteroatoms. The summed E-state index contributed by atoms with van der Waals surface area (Å²) in [5.74, 6) is 1.24. The molecular formula is C19H21NO4S. The Balaban J connectivity index is 1.80. The zero-order valence-corrected chi connectivity index (χ0v) is 15.1. The third kappa shape index (κ3) is 5.83. The van der Waals surface area contributed by atoms with Gasteiger partial charge in [-0.05, 0) is 36.8 Å². The quantitative estimate of drug-likeness (QED) is 0.727. The SMILES string of the molecule is CCOC(=O)c1ccc(CSCC(=O)Nc2ccccc2OC)cc1. The van der Waals surface area contributed by atoms with Gasteiger partial charge in [0.05, 0.1) is 30.7 Å². The molecule has 1 amide bonds. The number of thioether (sulfide) groups is 1. The van der Waals surface area contributed by atoms with Crippen LogP contribution in [0.25, 0.3) is 0 Å². The second-order valence-corrected chi connectivity index (χ2v) is 6.14. The summed E-state index contributed by atoms with van der Waals surface area (Å²) in [6, 6.07) is 14.5. The summed E-state index contributed by atoms with van der Waals surface area (Å²) < 4.78 is 10.2. The molecule has 0 heterocycles. The molecule has 0 unspecified atom stereocenters. The highest BCUT2D eigenvalue weighted by atomic mass is 32.2. The first-order valence-electron chi connectivity index (χ1n) is 7.90. The fraction of sp³-hybridized carbons (Fsp3) is 0.263. The van der Waals surface area contributed by atoms with Crippen molar-refractivity contribution in [2.75, 3.05) is 24.8 Å². The van der Waals surface area contributed by atoms with Crippen molar-refractivity contribution >= 4 is 29.3 Å². The normalized spacial score (nSPS) is 10.2. The Morgan fingerprint density at radius 1 is 1.08 bits per heavy atom. The number of hydrogen-bond acceptors (Lipinski definition) is 5. The summed E-state index contributed by atoms with van der Waals surface area (Å²) in [6.07, 6.45) is 0. The molecule has 2 rings (SSSR count). The van der Waals surface area contributed by atoms with Gasteiger partial charge in [-0.25, -0.2) is 4.79 Å². The monoisotopic (exact) mass is 359 g/mol. The van der Waals surface area contributed by atoms with E-state index in [9.17, 15) is 9.59 Å². The van der Waals surface area contributed by atoms with Crippen molar-refractivity contribution in [3.05, 3.63) is 59.7 Å². The van der Waals surface area contributed by atoms with E-state index in [-0.39, 0.29) is 11.9 Å². The van der Waals surface area contributed by atoms with Crippen LogP contribution in [0.15, 0.2) is 48.5 Å². The average molecular weight is 359 g/mol. The number of methoxy groups -OCH3 is 1. The van der Waals surface area contributed by atoms with Crippen molar-refractivity contribution < 1.29 is 19.1 Å². The summed E-state index contributed by atoms with van der Waals surface area (Å²) in [5, 5.41) is 2.84. The van der Waals surface area contributed by atoms with Crippen molar-refractivity contribution in [2.24, 2.45) is 0 Å². The van der Waals surface area contributed by atoms with Crippen LogP contribution in [0.1, 0.15) is 22.8 Å². The summed E-state index contributed by atoms with van der Waals surface area (Å²) in [5.41, 5.74) is 2.24. The van der Waals surface area contributed by atoms with Crippen LogP contribution in [-0.4, -0.2) is 31.3 Å². The van der Waals surface area contributed by atoms with Crippen LogP contribution in [0.4, 0.5) is 5.69 Å². The molecule has 132 valence electrons. The maximum Gasteiger partial charge on any atom is 0.338 e. The first kappa shape index (κ1) is 18.9. The maximum atomic E-state index is 12.0. The smallest absolute Gasteiger partial charge is 0.338 e. The van der Waals surface area contributed by atoms with Gasteiger partial charge < -0.3 is 14.8 Å². The van der Waals surface area contributed by atoms with Crippen molar-refractivity contribution in [3.8, 4) is 5.75 Å². The molecule has 0 aliphatic heterocycles. The fourth-order valence-electron chi connectivity index (χ4n) is 2.15. The van der Waals surface area contributed by atoms with Gasteiger partial charge in [0.25, 0.3) is 0 Å². The number of carbonyl (C=O) groups is 2.